The predicted octanol–water partition coefficient (Wildman–Crippen LogP) is 4.42. The molecule has 7 heteroatoms. The van der Waals surface area contributed by atoms with E-state index in [0.29, 0.717) is 11.3 Å². The smallest absolute Gasteiger partial charge is 0.322 e. The van der Waals surface area contributed by atoms with Gasteiger partial charge < -0.3 is 10.1 Å². The molecule has 0 bridgehead atoms. The van der Waals surface area contributed by atoms with Crippen LogP contribution < -0.4 is 10.1 Å². The molecule has 0 aliphatic carbocycles. The fourth-order valence-corrected chi connectivity index (χ4v) is 2.13. The standard InChI is InChI=1S/C17H11BrFN3O2/c18-12-7-5-11(6-8-12)16(23)22-13-9-20-17(21-10-13)24-15-4-2-1-3-14(15)19/h1-10H,(H,22,23). The van der Waals surface area contributed by atoms with Gasteiger partial charge in [0.25, 0.3) is 5.91 Å². The Balaban J connectivity index is 1.67. The Morgan fingerprint density at radius 1 is 1.04 bits per heavy atom. The van der Waals surface area contributed by atoms with Crippen molar-refractivity contribution in [3.8, 4) is 11.8 Å². The van der Waals surface area contributed by atoms with E-state index in [4.69, 9.17) is 4.74 Å². The average Bonchev–Trinajstić information content (AvgIpc) is 2.59. The number of ether oxygens (including phenoxy) is 1. The van der Waals surface area contributed by atoms with Gasteiger partial charge in [-0.05, 0) is 36.4 Å². The predicted molar refractivity (Wildman–Crippen MR) is 90.6 cm³/mol. The van der Waals surface area contributed by atoms with Crippen LogP contribution in [0.15, 0.2) is 65.4 Å². The van der Waals surface area contributed by atoms with E-state index in [-0.39, 0.29) is 17.7 Å². The van der Waals surface area contributed by atoms with E-state index in [1.807, 2.05) is 0 Å². The first kappa shape index (κ1) is 16.1. The second-order valence-corrected chi connectivity index (χ2v) is 5.66. The molecule has 0 saturated carbocycles. The fraction of sp³-hybridized carbons (Fsp3) is 0. The van der Waals surface area contributed by atoms with E-state index in [9.17, 15) is 9.18 Å². The van der Waals surface area contributed by atoms with Crippen LogP contribution in [0.2, 0.25) is 0 Å². The second kappa shape index (κ2) is 7.18. The normalized spacial score (nSPS) is 10.2. The molecule has 0 aliphatic rings. The van der Waals surface area contributed by atoms with Crippen molar-refractivity contribution in [3.63, 3.8) is 0 Å². The lowest BCUT2D eigenvalue weighted by Gasteiger charge is -2.07. The summed E-state index contributed by atoms with van der Waals surface area (Å²) in [5.74, 6) is -0.758. The van der Waals surface area contributed by atoms with Crippen LogP contribution in [0.5, 0.6) is 11.8 Å². The minimum atomic E-state index is -0.506. The van der Waals surface area contributed by atoms with E-state index in [1.54, 1.807) is 36.4 Å². The Hall–Kier alpha value is -2.80. The highest BCUT2D eigenvalue weighted by Gasteiger charge is 2.08. The summed E-state index contributed by atoms with van der Waals surface area (Å²) < 4.78 is 19.6. The quantitative estimate of drug-likeness (QED) is 0.719. The number of benzene rings is 2. The number of nitrogens with zero attached hydrogens (tertiary/aromatic N) is 2. The van der Waals surface area contributed by atoms with Crippen molar-refractivity contribution in [1.29, 1.82) is 0 Å². The molecule has 0 atom stereocenters. The number of hydrogen-bond donors (Lipinski definition) is 1. The molecule has 1 aromatic heterocycles. The zero-order chi connectivity index (χ0) is 16.9. The Morgan fingerprint density at radius 2 is 1.71 bits per heavy atom. The molecule has 2 aromatic carbocycles. The van der Waals surface area contributed by atoms with E-state index in [2.05, 4.69) is 31.2 Å². The van der Waals surface area contributed by atoms with Gasteiger partial charge in [0, 0.05) is 10.0 Å². The molecule has 0 fully saturated rings. The third-order valence-electron chi connectivity index (χ3n) is 3.03. The van der Waals surface area contributed by atoms with Crippen molar-refractivity contribution in [2.75, 3.05) is 5.32 Å². The molecule has 1 amide bonds. The minimum Gasteiger partial charge on any atom is -0.421 e. The molecule has 0 aliphatic heterocycles. The van der Waals surface area contributed by atoms with E-state index < -0.39 is 5.82 Å². The summed E-state index contributed by atoms with van der Waals surface area (Å²) in [4.78, 5) is 20.0. The Kier molecular flexibility index (Phi) is 4.81. The Morgan fingerprint density at radius 3 is 2.38 bits per heavy atom. The van der Waals surface area contributed by atoms with Gasteiger partial charge in [-0.3, -0.25) is 4.79 Å². The zero-order valence-corrected chi connectivity index (χ0v) is 13.8. The molecule has 1 heterocycles. The number of halogens is 2. The average molecular weight is 388 g/mol. The number of carbonyl (C=O) groups is 1. The number of nitrogens with one attached hydrogen (secondary N) is 1. The highest BCUT2D eigenvalue weighted by Crippen LogP contribution is 2.21. The second-order valence-electron chi connectivity index (χ2n) is 4.75. The summed E-state index contributed by atoms with van der Waals surface area (Å²) in [6, 6.07) is 12.9. The SMILES string of the molecule is O=C(Nc1cnc(Oc2ccccc2F)nc1)c1ccc(Br)cc1. The van der Waals surface area contributed by atoms with Crippen molar-refractivity contribution >= 4 is 27.5 Å². The summed E-state index contributed by atoms with van der Waals surface area (Å²) in [7, 11) is 0. The van der Waals surface area contributed by atoms with Gasteiger partial charge in [-0.2, -0.15) is 0 Å². The molecule has 5 nitrogen and oxygen atoms in total. The third kappa shape index (κ3) is 3.94. The number of para-hydroxylation sites is 1. The van der Waals surface area contributed by atoms with Crippen molar-refractivity contribution < 1.29 is 13.9 Å². The Bertz CT molecular complexity index is 854. The lowest BCUT2D eigenvalue weighted by Crippen LogP contribution is -2.12. The van der Waals surface area contributed by atoms with Crippen molar-refractivity contribution in [3.05, 3.63) is 76.8 Å². The van der Waals surface area contributed by atoms with Crippen LogP contribution in [-0.4, -0.2) is 15.9 Å². The summed E-state index contributed by atoms with van der Waals surface area (Å²) in [6.45, 7) is 0. The highest BCUT2D eigenvalue weighted by molar-refractivity contribution is 9.10. The number of hydrogen-bond acceptors (Lipinski definition) is 4. The van der Waals surface area contributed by atoms with Gasteiger partial charge in [0.1, 0.15) is 0 Å². The minimum absolute atomic E-state index is 0.0123. The van der Waals surface area contributed by atoms with Crippen LogP contribution in [0.25, 0.3) is 0 Å². The molecule has 0 radical (unpaired) electrons. The van der Waals surface area contributed by atoms with E-state index >= 15 is 0 Å². The first-order chi connectivity index (χ1) is 11.6. The van der Waals surface area contributed by atoms with Gasteiger partial charge in [-0.15, -0.1) is 0 Å². The van der Waals surface area contributed by atoms with Crippen LogP contribution >= 0.6 is 15.9 Å². The number of rotatable bonds is 4. The lowest BCUT2D eigenvalue weighted by atomic mass is 10.2. The van der Waals surface area contributed by atoms with Crippen molar-refractivity contribution in [2.45, 2.75) is 0 Å². The van der Waals surface area contributed by atoms with E-state index in [0.717, 1.165) is 4.47 Å². The first-order valence-electron chi connectivity index (χ1n) is 6.93. The zero-order valence-electron chi connectivity index (χ0n) is 12.2. The maximum Gasteiger partial charge on any atom is 0.322 e. The molecular weight excluding hydrogens is 377 g/mol. The number of amides is 1. The van der Waals surface area contributed by atoms with Crippen molar-refractivity contribution in [2.24, 2.45) is 0 Å². The number of anilines is 1. The summed E-state index contributed by atoms with van der Waals surface area (Å²) in [5, 5.41) is 2.67. The molecule has 24 heavy (non-hydrogen) atoms. The molecular formula is C17H11BrFN3O2. The van der Waals surface area contributed by atoms with Gasteiger partial charge >= 0.3 is 6.01 Å². The maximum absolute atomic E-state index is 13.5. The van der Waals surface area contributed by atoms with Gasteiger partial charge in [0.15, 0.2) is 11.6 Å². The van der Waals surface area contributed by atoms with Crippen molar-refractivity contribution in [1.82, 2.24) is 9.97 Å². The largest absolute Gasteiger partial charge is 0.421 e. The molecule has 1 N–H and O–H groups in total. The highest BCUT2D eigenvalue weighted by atomic mass is 79.9. The number of carbonyl (C=O) groups excluding carboxylic acids is 1. The number of aromatic nitrogens is 2. The molecule has 0 spiro atoms. The first-order valence-corrected chi connectivity index (χ1v) is 7.72. The maximum atomic E-state index is 13.5. The monoisotopic (exact) mass is 387 g/mol. The summed E-state index contributed by atoms with van der Waals surface area (Å²) >= 11 is 3.31. The van der Waals surface area contributed by atoms with Crippen LogP contribution in [0, 0.1) is 5.82 Å². The topological polar surface area (TPSA) is 64.1 Å². The van der Waals surface area contributed by atoms with Crippen LogP contribution in [-0.2, 0) is 0 Å². The van der Waals surface area contributed by atoms with Crippen LogP contribution in [0.1, 0.15) is 10.4 Å². The van der Waals surface area contributed by atoms with Gasteiger partial charge in [-0.25, -0.2) is 14.4 Å². The van der Waals surface area contributed by atoms with Gasteiger partial charge in [-0.1, -0.05) is 28.1 Å². The summed E-state index contributed by atoms with van der Waals surface area (Å²) in [5.41, 5.74) is 0.911. The molecule has 0 saturated heterocycles. The van der Waals surface area contributed by atoms with Gasteiger partial charge in [0.2, 0.25) is 0 Å². The molecule has 120 valence electrons. The fourth-order valence-electron chi connectivity index (χ4n) is 1.86. The third-order valence-corrected chi connectivity index (χ3v) is 3.56. The van der Waals surface area contributed by atoms with E-state index in [1.165, 1.54) is 24.5 Å². The molecule has 3 aromatic rings. The Labute approximate surface area is 145 Å². The lowest BCUT2D eigenvalue weighted by molar-refractivity contribution is 0.102. The van der Waals surface area contributed by atoms with Crippen LogP contribution in [0.4, 0.5) is 10.1 Å². The van der Waals surface area contributed by atoms with Gasteiger partial charge in [0.05, 0.1) is 18.1 Å². The molecule has 0 unspecified atom stereocenters. The van der Waals surface area contributed by atoms with Crippen LogP contribution in [0.3, 0.4) is 0 Å². The molecule has 3 rings (SSSR count). The summed E-state index contributed by atoms with van der Waals surface area (Å²) in [6.07, 6.45) is 2.78.